The van der Waals surface area contributed by atoms with E-state index in [0.29, 0.717) is 11.5 Å². The Morgan fingerprint density at radius 3 is 2.82 bits per heavy atom. The fraction of sp³-hybridized carbons (Fsp3) is 0.154. The van der Waals surface area contributed by atoms with E-state index >= 15 is 0 Å². The third-order valence-corrected chi connectivity index (χ3v) is 2.39. The van der Waals surface area contributed by atoms with Crippen LogP contribution in [0.25, 0.3) is 0 Å². The summed E-state index contributed by atoms with van der Waals surface area (Å²) in [6, 6.07) is 7.53. The van der Waals surface area contributed by atoms with Crippen molar-refractivity contribution < 1.29 is 18.3 Å². The molecule has 0 aliphatic carbocycles. The average Bonchev–Trinajstić information content (AvgIpc) is 2.81. The van der Waals surface area contributed by atoms with Crippen LogP contribution >= 0.6 is 0 Å². The molecule has 1 aromatic carbocycles. The second-order valence-electron chi connectivity index (χ2n) is 3.53. The van der Waals surface area contributed by atoms with E-state index < -0.39 is 5.82 Å². The van der Waals surface area contributed by atoms with E-state index in [4.69, 9.17) is 9.15 Å². The van der Waals surface area contributed by atoms with Crippen molar-refractivity contribution in [2.24, 2.45) is 0 Å². The molecule has 0 radical (unpaired) electrons. The summed E-state index contributed by atoms with van der Waals surface area (Å²) in [6.45, 7) is 0. The van der Waals surface area contributed by atoms with Crippen LogP contribution in [-0.2, 0) is 6.42 Å². The molecule has 4 heteroatoms. The van der Waals surface area contributed by atoms with E-state index in [1.807, 2.05) is 0 Å². The van der Waals surface area contributed by atoms with Gasteiger partial charge >= 0.3 is 0 Å². The Morgan fingerprint density at radius 1 is 1.41 bits per heavy atom. The van der Waals surface area contributed by atoms with E-state index in [-0.39, 0.29) is 17.8 Å². The molecule has 0 atom stereocenters. The summed E-state index contributed by atoms with van der Waals surface area (Å²) in [5.41, 5.74) is 0.0437. The highest BCUT2D eigenvalue weighted by molar-refractivity contribution is 5.97. The molecule has 0 aliphatic rings. The molecule has 3 nitrogen and oxygen atoms in total. The van der Waals surface area contributed by atoms with Gasteiger partial charge in [-0.25, -0.2) is 4.39 Å². The number of ether oxygens (including phenoxy) is 1. The van der Waals surface area contributed by atoms with Gasteiger partial charge in [0.2, 0.25) is 0 Å². The van der Waals surface area contributed by atoms with Gasteiger partial charge in [0.15, 0.2) is 5.78 Å². The van der Waals surface area contributed by atoms with Gasteiger partial charge in [0.1, 0.15) is 17.3 Å². The van der Waals surface area contributed by atoms with Crippen molar-refractivity contribution in [3.63, 3.8) is 0 Å². The topological polar surface area (TPSA) is 39.4 Å². The van der Waals surface area contributed by atoms with E-state index in [2.05, 4.69) is 0 Å². The standard InChI is InChI=1S/C13H11FO3/c1-16-9-4-5-11(12(14)7-9)13(15)8-10-3-2-6-17-10/h2-7H,8H2,1H3. The summed E-state index contributed by atoms with van der Waals surface area (Å²) in [5, 5.41) is 0. The van der Waals surface area contributed by atoms with Crippen molar-refractivity contribution in [1.29, 1.82) is 0 Å². The molecule has 88 valence electrons. The van der Waals surface area contributed by atoms with Gasteiger partial charge in [0.05, 0.1) is 25.4 Å². The molecule has 0 bridgehead atoms. The quantitative estimate of drug-likeness (QED) is 0.763. The minimum Gasteiger partial charge on any atom is -0.497 e. The number of Topliss-reactive ketones (excluding diaryl/α,β-unsaturated/α-hetero) is 1. The first-order chi connectivity index (χ1) is 8.20. The summed E-state index contributed by atoms with van der Waals surface area (Å²) in [7, 11) is 1.44. The van der Waals surface area contributed by atoms with Crippen LogP contribution in [0.5, 0.6) is 5.75 Å². The molecule has 1 aromatic heterocycles. The zero-order valence-corrected chi connectivity index (χ0v) is 9.27. The molecule has 0 aliphatic heterocycles. The van der Waals surface area contributed by atoms with Gasteiger partial charge in [-0.1, -0.05) is 0 Å². The molecular formula is C13H11FO3. The van der Waals surface area contributed by atoms with Gasteiger partial charge in [0.25, 0.3) is 0 Å². The maximum atomic E-state index is 13.6. The Balaban J connectivity index is 2.19. The Kier molecular flexibility index (Phi) is 3.23. The number of carbonyl (C=O) groups excluding carboxylic acids is 1. The van der Waals surface area contributed by atoms with E-state index in [1.165, 1.54) is 25.5 Å². The summed E-state index contributed by atoms with van der Waals surface area (Å²) in [4.78, 5) is 11.8. The van der Waals surface area contributed by atoms with Crippen LogP contribution in [0.4, 0.5) is 4.39 Å². The molecule has 0 saturated heterocycles. The van der Waals surface area contributed by atoms with Crippen molar-refractivity contribution in [2.45, 2.75) is 6.42 Å². The second-order valence-corrected chi connectivity index (χ2v) is 3.53. The molecule has 0 spiro atoms. The molecule has 2 aromatic rings. The summed E-state index contributed by atoms with van der Waals surface area (Å²) in [5.74, 6) is 0.00303. The van der Waals surface area contributed by atoms with Gasteiger partial charge < -0.3 is 9.15 Å². The fourth-order valence-electron chi connectivity index (χ4n) is 1.52. The predicted molar refractivity (Wildman–Crippen MR) is 59.7 cm³/mol. The zero-order valence-electron chi connectivity index (χ0n) is 9.27. The highest BCUT2D eigenvalue weighted by Gasteiger charge is 2.14. The van der Waals surface area contributed by atoms with E-state index in [1.54, 1.807) is 18.2 Å². The van der Waals surface area contributed by atoms with Crippen LogP contribution in [0.15, 0.2) is 41.0 Å². The summed E-state index contributed by atoms with van der Waals surface area (Å²) < 4.78 is 23.5. The van der Waals surface area contributed by atoms with Gasteiger partial charge in [-0.3, -0.25) is 4.79 Å². The van der Waals surface area contributed by atoms with Crippen LogP contribution in [0, 0.1) is 5.82 Å². The zero-order chi connectivity index (χ0) is 12.3. The van der Waals surface area contributed by atoms with Crippen LogP contribution in [0.3, 0.4) is 0 Å². The average molecular weight is 234 g/mol. The Bertz CT molecular complexity index is 517. The molecule has 0 saturated carbocycles. The molecule has 17 heavy (non-hydrogen) atoms. The van der Waals surface area contributed by atoms with Crippen molar-refractivity contribution in [3.05, 3.63) is 53.7 Å². The minimum absolute atomic E-state index is 0.0437. The third-order valence-electron chi connectivity index (χ3n) is 2.39. The Morgan fingerprint density at radius 2 is 2.24 bits per heavy atom. The molecule has 0 N–H and O–H groups in total. The van der Waals surface area contributed by atoms with Crippen molar-refractivity contribution in [1.82, 2.24) is 0 Å². The first-order valence-corrected chi connectivity index (χ1v) is 5.10. The fourth-order valence-corrected chi connectivity index (χ4v) is 1.52. The number of rotatable bonds is 4. The predicted octanol–water partition coefficient (Wildman–Crippen LogP) is 2.85. The van der Waals surface area contributed by atoms with E-state index in [9.17, 15) is 9.18 Å². The first-order valence-electron chi connectivity index (χ1n) is 5.10. The SMILES string of the molecule is COc1ccc(C(=O)Cc2ccco2)c(F)c1. The Labute approximate surface area is 97.8 Å². The lowest BCUT2D eigenvalue weighted by Gasteiger charge is -2.04. The highest BCUT2D eigenvalue weighted by atomic mass is 19.1. The third kappa shape index (κ3) is 2.53. The monoisotopic (exact) mass is 234 g/mol. The van der Waals surface area contributed by atoms with Gasteiger partial charge in [0, 0.05) is 6.07 Å². The lowest BCUT2D eigenvalue weighted by Crippen LogP contribution is -2.05. The molecule has 0 unspecified atom stereocenters. The number of ketones is 1. The summed E-state index contributed by atoms with van der Waals surface area (Å²) >= 11 is 0. The number of benzene rings is 1. The highest BCUT2D eigenvalue weighted by Crippen LogP contribution is 2.18. The number of methoxy groups -OCH3 is 1. The molecule has 1 heterocycles. The maximum absolute atomic E-state index is 13.6. The second kappa shape index (κ2) is 4.82. The largest absolute Gasteiger partial charge is 0.497 e. The molecule has 0 fully saturated rings. The van der Waals surface area contributed by atoms with Gasteiger partial charge in [-0.2, -0.15) is 0 Å². The van der Waals surface area contributed by atoms with Crippen LogP contribution in [0.2, 0.25) is 0 Å². The summed E-state index contributed by atoms with van der Waals surface area (Å²) in [6.07, 6.45) is 1.53. The van der Waals surface area contributed by atoms with Crippen LogP contribution < -0.4 is 4.74 Å². The molecule has 0 amide bonds. The van der Waals surface area contributed by atoms with Crippen LogP contribution in [-0.4, -0.2) is 12.9 Å². The van der Waals surface area contributed by atoms with Crippen molar-refractivity contribution >= 4 is 5.78 Å². The van der Waals surface area contributed by atoms with E-state index in [0.717, 1.165) is 0 Å². The number of carbonyl (C=O) groups is 1. The number of halogens is 1. The van der Waals surface area contributed by atoms with Gasteiger partial charge in [-0.15, -0.1) is 0 Å². The smallest absolute Gasteiger partial charge is 0.173 e. The van der Waals surface area contributed by atoms with Crippen molar-refractivity contribution in [2.75, 3.05) is 7.11 Å². The molecular weight excluding hydrogens is 223 g/mol. The maximum Gasteiger partial charge on any atom is 0.173 e. The number of hydrogen-bond donors (Lipinski definition) is 0. The van der Waals surface area contributed by atoms with Crippen molar-refractivity contribution in [3.8, 4) is 5.75 Å². The first kappa shape index (κ1) is 11.4. The minimum atomic E-state index is -0.582. The van der Waals surface area contributed by atoms with Gasteiger partial charge in [-0.05, 0) is 24.3 Å². The lowest BCUT2D eigenvalue weighted by molar-refractivity contribution is 0.0983. The number of hydrogen-bond acceptors (Lipinski definition) is 3. The number of furan rings is 1. The normalized spacial score (nSPS) is 10.2. The Hall–Kier alpha value is -2.10. The molecule has 2 rings (SSSR count). The lowest BCUT2D eigenvalue weighted by atomic mass is 10.1. The van der Waals surface area contributed by atoms with Crippen LogP contribution in [0.1, 0.15) is 16.1 Å².